The van der Waals surface area contributed by atoms with Crippen LogP contribution in [0.25, 0.3) is 10.6 Å². The molecule has 0 aliphatic heterocycles. The van der Waals surface area contributed by atoms with E-state index in [0.717, 1.165) is 16.3 Å². The Hall–Kier alpha value is -2.08. The lowest BCUT2D eigenvalue weighted by molar-refractivity contribution is -0.136. The predicted molar refractivity (Wildman–Crippen MR) is 76.6 cm³/mol. The molecule has 0 unspecified atom stereocenters. The molecule has 2 aromatic rings. The molecular formula is C14H15NO4S. The van der Waals surface area contributed by atoms with Crippen LogP contribution >= 0.6 is 11.3 Å². The van der Waals surface area contributed by atoms with E-state index in [1.54, 1.807) is 20.3 Å². The fraction of sp³-hybridized carbons (Fsp3) is 0.286. The van der Waals surface area contributed by atoms with Crippen LogP contribution in [0.4, 0.5) is 0 Å². The van der Waals surface area contributed by atoms with Crippen molar-refractivity contribution in [3.8, 4) is 22.1 Å². The summed E-state index contributed by atoms with van der Waals surface area (Å²) in [5.74, 6) is 0.575. The van der Waals surface area contributed by atoms with Gasteiger partial charge in [0.25, 0.3) is 0 Å². The number of aryl methyl sites for hydroxylation is 1. The Morgan fingerprint density at radius 2 is 1.90 bits per heavy atom. The van der Waals surface area contributed by atoms with Crippen LogP contribution in [-0.4, -0.2) is 30.3 Å². The number of aromatic nitrogens is 1. The quantitative estimate of drug-likeness (QED) is 0.887. The van der Waals surface area contributed by atoms with E-state index >= 15 is 0 Å². The van der Waals surface area contributed by atoms with Crippen LogP contribution in [0.1, 0.15) is 12.1 Å². The van der Waals surface area contributed by atoms with Gasteiger partial charge in [-0.15, -0.1) is 11.3 Å². The highest BCUT2D eigenvalue weighted by Gasteiger charge is 2.09. The first kappa shape index (κ1) is 14.3. The lowest BCUT2D eigenvalue weighted by Crippen LogP contribution is -1.97. The van der Waals surface area contributed by atoms with Crippen molar-refractivity contribution in [2.24, 2.45) is 0 Å². The number of hydrogen-bond donors (Lipinski definition) is 1. The molecule has 1 N–H and O–H groups in total. The average molecular weight is 293 g/mol. The maximum atomic E-state index is 10.6. The van der Waals surface area contributed by atoms with Crippen molar-refractivity contribution in [1.82, 2.24) is 4.98 Å². The maximum absolute atomic E-state index is 10.6. The number of benzene rings is 1. The number of carbonyl (C=O) groups is 1. The summed E-state index contributed by atoms with van der Waals surface area (Å²) in [6.07, 6.45) is 0.525. The van der Waals surface area contributed by atoms with E-state index < -0.39 is 5.97 Å². The summed E-state index contributed by atoms with van der Waals surface area (Å²) < 4.78 is 10.4. The van der Waals surface area contributed by atoms with E-state index in [1.807, 2.05) is 17.5 Å². The van der Waals surface area contributed by atoms with Crippen molar-refractivity contribution < 1.29 is 19.4 Å². The number of carboxylic acid groups (broad SMARTS) is 1. The second-order valence-corrected chi connectivity index (χ2v) is 5.00. The number of thiazole rings is 1. The number of methoxy groups -OCH3 is 2. The molecule has 5 nitrogen and oxygen atoms in total. The van der Waals surface area contributed by atoms with Crippen molar-refractivity contribution in [2.75, 3.05) is 14.2 Å². The minimum absolute atomic E-state index is 0.0879. The van der Waals surface area contributed by atoms with Crippen LogP contribution in [0.15, 0.2) is 23.6 Å². The predicted octanol–water partition coefficient (Wildman–Crippen LogP) is 2.84. The summed E-state index contributed by atoms with van der Waals surface area (Å²) in [5.41, 5.74) is 1.68. The number of carboxylic acids is 1. The van der Waals surface area contributed by atoms with E-state index in [0.29, 0.717) is 17.9 Å². The normalized spacial score (nSPS) is 10.3. The molecular weight excluding hydrogens is 278 g/mol. The molecule has 1 aromatic carbocycles. The molecule has 20 heavy (non-hydrogen) atoms. The molecule has 1 heterocycles. The summed E-state index contributed by atoms with van der Waals surface area (Å²) >= 11 is 1.48. The van der Waals surface area contributed by atoms with Crippen LogP contribution in [0.5, 0.6) is 11.5 Å². The zero-order valence-corrected chi connectivity index (χ0v) is 12.1. The third-order valence-corrected chi connectivity index (χ3v) is 3.69. The van der Waals surface area contributed by atoms with E-state index in [4.69, 9.17) is 14.6 Å². The Bertz CT molecular complexity index is 587. The number of rotatable bonds is 6. The molecule has 0 bridgehead atoms. The van der Waals surface area contributed by atoms with Crippen LogP contribution in [0, 0.1) is 0 Å². The molecule has 106 valence electrons. The van der Waals surface area contributed by atoms with Gasteiger partial charge in [-0.1, -0.05) is 0 Å². The number of ether oxygens (including phenoxy) is 2. The molecule has 6 heteroatoms. The summed E-state index contributed by atoms with van der Waals surface area (Å²) in [4.78, 5) is 15.0. The Labute approximate surface area is 120 Å². The van der Waals surface area contributed by atoms with Crippen molar-refractivity contribution in [1.29, 1.82) is 0 Å². The van der Waals surface area contributed by atoms with Crippen LogP contribution < -0.4 is 9.47 Å². The molecule has 0 atom stereocenters. The minimum atomic E-state index is -0.817. The lowest BCUT2D eigenvalue weighted by Gasteiger charge is -2.06. The Morgan fingerprint density at radius 1 is 1.25 bits per heavy atom. The average Bonchev–Trinajstić information content (AvgIpc) is 2.93. The molecule has 0 spiro atoms. The molecule has 0 radical (unpaired) electrons. The van der Waals surface area contributed by atoms with Crippen LogP contribution in [-0.2, 0) is 11.2 Å². The van der Waals surface area contributed by atoms with Gasteiger partial charge in [-0.25, -0.2) is 4.98 Å². The number of aliphatic carboxylic acids is 1. The summed E-state index contributed by atoms with van der Waals surface area (Å²) in [7, 11) is 3.19. The molecule has 0 amide bonds. The molecule has 1 aromatic heterocycles. The Kier molecular flexibility index (Phi) is 4.57. The smallest absolute Gasteiger partial charge is 0.303 e. The fourth-order valence-corrected chi connectivity index (χ4v) is 2.56. The maximum Gasteiger partial charge on any atom is 0.303 e. The highest BCUT2D eigenvalue weighted by molar-refractivity contribution is 7.13. The zero-order chi connectivity index (χ0) is 14.5. The van der Waals surface area contributed by atoms with Gasteiger partial charge in [-0.2, -0.15) is 0 Å². The zero-order valence-electron chi connectivity index (χ0n) is 11.3. The monoisotopic (exact) mass is 293 g/mol. The second-order valence-electron chi connectivity index (χ2n) is 4.14. The topological polar surface area (TPSA) is 68.7 Å². The van der Waals surface area contributed by atoms with Gasteiger partial charge in [0.15, 0.2) is 0 Å². The third kappa shape index (κ3) is 3.48. The summed E-state index contributed by atoms with van der Waals surface area (Å²) in [5, 5.41) is 11.4. The fourth-order valence-electron chi connectivity index (χ4n) is 1.72. The van der Waals surface area contributed by atoms with Gasteiger partial charge in [-0.3, -0.25) is 4.79 Å². The standard InChI is InChI=1S/C14H15NO4S/c1-18-11-5-9(6-12(7-11)19-2)14-15-10(8-20-14)3-4-13(16)17/h5-8H,3-4H2,1-2H3,(H,16,17). The lowest BCUT2D eigenvalue weighted by atomic mass is 10.2. The Morgan fingerprint density at radius 3 is 2.45 bits per heavy atom. The van der Waals surface area contributed by atoms with Gasteiger partial charge in [-0.05, 0) is 12.1 Å². The number of nitrogens with zero attached hydrogens (tertiary/aromatic N) is 1. The van der Waals surface area contributed by atoms with E-state index in [-0.39, 0.29) is 6.42 Å². The first-order valence-electron chi connectivity index (χ1n) is 6.02. The van der Waals surface area contributed by atoms with Gasteiger partial charge in [0.05, 0.1) is 26.3 Å². The number of hydrogen-bond acceptors (Lipinski definition) is 5. The minimum Gasteiger partial charge on any atom is -0.497 e. The van der Waals surface area contributed by atoms with Gasteiger partial charge in [0, 0.05) is 23.4 Å². The summed E-state index contributed by atoms with van der Waals surface area (Å²) in [6.45, 7) is 0. The molecule has 0 fully saturated rings. The first-order chi connectivity index (χ1) is 9.62. The van der Waals surface area contributed by atoms with Crippen molar-refractivity contribution in [3.05, 3.63) is 29.3 Å². The third-order valence-electron chi connectivity index (χ3n) is 2.75. The Balaban J connectivity index is 2.24. The molecule has 0 saturated carbocycles. The van der Waals surface area contributed by atoms with E-state index in [9.17, 15) is 4.79 Å². The van der Waals surface area contributed by atoms with Crippen LogP contribution in [0.3, 0.4) is 0 Å². The highest BCUT2D eigenvalue weighted by atomic mass is 32.1. The van der Waals surface area contributed by atoms with E-state index in [2.05, 4.69) is 4.98 Å². The SMILES string of the molecule is COc1cc(OC)cc(-c2nc(CCC(=O)O)cs2)c1. The van der Waals surface area contributed by atoms with Gasteiger partial charge in [0.2, 0.25) is 0 Å². The van der Waals surface area contributed by atoms with Crippen molar-refractivity contribution >= 4 is 17.3 Å². The molecule has 0 saturated heterocycles. The summed E-state index contributed by atoms with van der Waals surface area (Å²) in [6, 6.07) is 5.55. The largest absolute Gasteiger partial charge is 0.497 e. The molecule has 0 aliphatic rings. The molecule has 2 rings (SSSR count). The van der Waals surface area contributed by atoms with Crippen molar-refractivity contribution in [3.63, 3.8) is 0 Å². The molecule has 0 aliphatic carbocycles. The first-order valence-corrected chi connectivity index (χ1v) is 6.90. The van der Waals surface area contributed by atoms with Gasteiger partial charge in [0.1, 0.15) is 16.5 Å². The van der Waals surface area contributed by atoms with E-state index in [1.165, 1.54) is 11.3 Å². The van der Waals surface area contributed by atoms with Gasteiger partial charge >= 0.3 is 5.97 Å². The highest BCUT2D eigenvalue weighted by Crippen LogP contribution is 2.31. The van der Waals surface area contributed by atoms with Gasteiger partial charge < -0.3 is 14.6 Å². The van der Waals surface area contributed by atoms with Crippen LogP contribution in [0.2, 0.25) is 0 Å². The second kappa shape index (κ2) is 6.38. The van der Waals surface area contributed by atoms with Crippen molar-refractivity contribution in [2.45, 2.75) is 12.8 Å².